The Kier molecular flexibility index (Phi) is 10.0. The van der Waals surface area contributed by atoms with Gasteiger partial charge >= 0.3 is 0 Å². The Morgan fingerprint density at radius 1 is 0.694 bits per heavy atom. The summed E-state index contributed by atoms with van der Waals surface area (Å²) in [5.74, 6) is 0.00855. The van der Waals surface area contributed by atoms with Crippen LogP contribution in [0, 0.1) is 17.9 Å². The third-order valence-corrected chi connectivity index (χ3v) is 10.9. The zero-order valence-corrected chi connectivity index (χ0v) is 31.2. The van der Waals surface area contributed by atoms with Crippen LogP contribution in [0.5, 0.6) is 0 Å². The fraction of sp³-hybridized carbons (Fsp3) is 0.116. The Balaban J connectivity index is 0.000000198. The number of aromatic nitrogens is 2. The number of halogens is 1. The van der Waals surface area contributed by atoms with Crippen molar-refractivity contribution in [3.8, 4) is 22.5 Å². The van der Waals surface area contributed by atoms with Crippen molar-refractivity contribution in [2.75, 3.05) is 0 Å². The molecule has 0 saturated heterocycles. The van der Waals surface area contributed by atoms with E-state index in [0.29, 0.717) is 0 Å². The van der Waals surface area contributed by atoms with Gasteiger partial charge in [-0.2, -0.15) is 0 Å². The summed E-state index contributed by atoms with van der Waals surface area (Å²) in [5.41, 5.74) is 7.73. The summed E-state index contributed by atoms with van der Waals surface area (Å²) in [6, 6.07) is 46.3. The number of hydrogen-bond acceptors (Lipinski definition) is 3. The summed E-state index contributed by atoms with van der Waals surface area (Å²) < 4.78 is 19.2. The largest absolute Gasteiger partial charge is 0.500 e. The second-order valence-corrected chi connectivity index (χ2v) is 18.1. The van der Waals surface area contributed by atoms with Crippen LogP contribution in [0.3, 0.4) is 0 Å². The van der Waals surface area contributed by atoms with Gasteiger partial charge in [-0.15, -0.1) is 48.0 Å². The second kappa shape index (κ2) is 14.4. The maximum atomic E-state index is 12.8. The number of nitrogens with zero attached hydrogens (tertiary/aromatic N) is 2. The number of pyridine rings is 2. The summed E-state index contributed by atoms with van der Waals surface area (Å²) in [6.45, 7) is 9.08. The van der Waals surface area contributed by atoms with Gasteiger partial charge in [0.05, 0.1) is 13.7 Å². The molecule has 1 atom stereocenters. The van der Waals surface area contributed by atoms with Crippen LogP contribution < -0.4 is 5.19 Å². The molecule has 0 amide bonds. The first-order chi connectivity index (χ1) is 23.3. The molecular formula is C43H35FIrN2OSi-2. The van der Waals surface area contributed by atoms with Crippen LogP contribution in [0.15, 0.2) is 138 Å². The Labute approximate surface area is 301 Å². The van der Waals surface area contributed by atoms with Crippen LogP contribution in [0.25, 0.3) is 55.2 Å². The molecule has 0 bridgehead atoms. The maximum absolute atomic E-state index is 12.8. The quantitative estimate of drug-likeness (QED) is 0.128. The molecule has 1 radical (unpaired) electrons. The van der Waals surface area contributed by atoms with E-state index in [4.69, 9.17) is 4.42 Å². The van der Waals surface area contributed by atoms with Crippen LogP contribution in [-0.2, 0) is 20.1 Å². The third kappa shape index (κ3) is 7.18. The molecule has 8 rings (SSSR count). The molecule has 0 aliphatic carbocycles. The third-order valence-electron chi connectivity index (χ3n) is 8.84. The molecule has 0 spiro atoms. The number of rotatable bonds is 5. The van der Waals surface area contributed by atoms with Crippen molar-refractivity contribution in [3.05, 3.63) is 163 Å². The number of furan rings is 1. The van der Waals surface area contributed by atoms with Gasteiger partial charge < -0.3 is 14.4 Å². The zero-order chi connectivity index (χ0) is 33.3. The van der Waals surface area contributed by atoms with Gasteiger partial charge in [-0.3, -0.25) is 4.39 Å². The SMILES string of the molecule is CC(c1ccccc1)c1ccnc(-c2[c-]ccc3c2oc2c4ccccc4ccc32)c1.C[Si](C)(C)c1ccc(-c2[c-]cc(F)cc2)nc1.[Ir]. The van der Waals surface area contributed by atoms with Crippen molar-refractivity contribution in [1.82, 2.24) is 9.97 Å². The molecule has 3 heterocycles. The van der Waals surface area contributed by atoms with Gasteiger partial charge in [-0.05, 0) is 39.2 Å². The van der Waals surface area contributed by atoms with Gasteiger partial charge in [0, 0.05) is 55.0 Å². The van der Waals surface area contributed by atoms with E-state index < -0.39 is 8.07 Å². The van der Waals surface area contributed by atoms with Gasteiger partial charge in [-0.1, -0.05) is 122 Å². The molecule has 0 aliphatic heterocycles. The monoisotopic (exact) mass is 835 g/mol. The molecule has 8 aromatic rings. The number of hydrogen-bond donors (Lipinski definition) is 0. The summed E-state index contributed by atoms with van der Waals surface area (Å²) in [6.07, 6.45) is 3.81. The molecule has 3 nitrogen and oxygen atoms in total. The van der Waals surface area contributed by atoms with Crippen molar-refractivity contribution < 1.29 is 28.9 Å². The minimum atomic E-state index is -1.30. The Morgan fingerprint density at radius 3 is 2.20 bits per heavy atom. The summed E-state index contributed by atoms with van der Waals surface area (Å²) in [4.78, 5) is 9.10. The molecule has 49 heavy (non-hydrogen) atoms. The Morgan fingerprint density at radius 2 is 1.47 bits per heavy atom. The summed E-state index contributed by atoms with van der Waals surface area (Å²) in [5, 5.41) is 5.84. The minimum Gasteiger partial charge on any atom is -0.500 e. The summed E-state index contributed by atoms with van der Waals surface area (Å²) in [7, 11) is -1.30. The molecule has 6 heteroatoms. The number of benzene rings is 5. The van der Waals surface area contributed by atoms with Crippen LogP contribution in [-0.4, -0.2) is 18.0 Å². The average molecular weight is 835 g/mol. The predicted molar refractivity (Wildman–Crippen MR) is 199 cm³/mol. The van der Waals surface area contributed by atoms with E-state index >= 15 is 0 Å². The topological polar surface area (TPSA) is 38.9 Å². The molecule has 1 unspecified atom stereocenters. The predicted octanol–water partition coefficient (Wildman–Crippen LogP) is 11.0. The molecule has 5 aromatic carbocycles. The average Bonchev–Trinajstić information content (AvgIpc) is 3.52. The first kappa shape index (κ1) is 34.1. The smallest absolute Gasteiger partial charge is 0.128 e. The molecule has 0 N–H and O–H groups in total. The molecule has 0 aliphatic rings. The van der Waals surface area contributed by atoms with E-state index in [-0.39, 0.29) is 31.8 Å². The normalized spacial score (nSPS) is 11.9. The van der Waals surface area contributed by atoms with E-state index in [2.05, 4.69) is 140 Å². The fourth-order valence-corrected chi connectivity index (χ4v) is 7.04. The molecule has 0 fully saturated rings. The second-order valence-electron chi connectivity index (χ2n) is 13.1. The molecule has 0 saturated carbocycles. The van der Waals surface area contributed by atoms with Crippen molar-refractivity contribution in [3.63, 3.8) is 0 Å². The Bertz CT molecular complexity index is 2350. The van der Waals surface area contributed by atoms with E-state index in [9.17, 15) is 4.39 Å². The first-order valence-corrected chi connectivity index (χ1v) is 19.7. The Hall–Kier alpha value is -4.74. The van der Waals surface area contributed by atoms with Crippen LogP contribution in [0.4, 0.5) is 4.39 Å². The van der Waals surface area contributed by atoms with E-state index in [1.54, 1.807) is 6.07 Å². The molecule has 3 aromatic heterocycles. The number of fused-ring (bicyclic) bond motifs is 5. The molecular weight excluding hydrogens is 800 g/mol. The van der Waals surface area contributed by atoms with Crippen LogP contribution >= 0.6 is 0 Å². The van der Waals surface area contributed by atoms with Gasteiger partial charge in [0.25, 0.3) is 0 Å². The molecule has 245 valence electrons. The van der Waals surface area contributed by atoms with Gasteiger partial charge in [0.2, 0.25) is 0 Å². The van der Waals surface area contributed by atoms with Crippen molar-refractivity contribution in [1.29, 1.82) is 0 Å². The van der Waals surface area contributed by atoms with Crippen LogP contribution in [0.2, 0.25) is 19.6 Å². The zero-order valence-electron chi connectivity index (χ0n) is 27.8. The van der Waals surface area contributed by atoms with Crippen molar-refractivity contribution in [2.45, 2.75) is 32.5 Å². The van der Waals surface area contributed by atoms with Gasteiger partial charge in [0.1, 0.15) is 5.58 Å². The van der Waals surface area contributed by atoms with E-state index in [1.165, 1.54) is 33.8 Å². The van der Waals surface area contributed by atoms with Crippen molar-refractivity contribution in [2.24, 2.45) is 0 Å². The maximum Gasteiger partial charge on any atom is 0.128 e. The standard InChI is InChI=1S/C29H20NO.C14H15FNSi.Ir/c1-19(20-8-3-2-4-9-20)22-16-17-30-27(18-22)26-13-7-12-24-25-15-14-21-10-5-6-11-23(21)28(25)31-29(24)26;1-17(2,3)13-8-9-14(16-10-13)11-4-6-12(15)7-5-11;/h2-12,14-19H,1H3;4,6-10H,1-3H3;/q2*-1;. The summed E-state index contributed by atoms with van der Waals surface area (Å²) >= 11 is 0. The minimum absolute atomic E-state index is 0. The van der Waals surface area contributed by atoms with Crippen LogP contribution in [0.1, 0.15) is 24.0 Å². The van der Waals surface area contributed by atoms with Crippen molar-refractivity contribution >= 4 is 46.0 Å². The van der Waals surface area contributed by atoms with Gasteiger partial charge in [-0.25, -0.2) is 0 Å². The van der Waals surface area contributed by atoms with Gasteiger partial charge in [0.15, 0.2) is 0 Å². The van der Waals surface area contributed by atoms with E-state index in [0.717, 1.165) is 49.8 Å². The fourth-order valence-electron chi connectivity index (χ4n) is 6.01. The first-order valence-electron chi connectivity index (χ1n) is 16.2. The van der Waals surface area contributed by atoms with E-state index in [1.807, 2.05) is 24.5 Å².